The first-order valence-electron chi connectivity index (χ1n) is 5.56. The highest BCUT2D eigenvalue weighted by Gasteiger charge is 2.18. The smallest absolute Gasteiger partial charge is 0.339 e. The highest BCUT2D eigenvalue weighted by Crippen LogP contribution is 2.21. The lowest BCUT2D eigenvalue weighted by atomic mass is 10.1. The van der Waals surface area contributed by atoms with Crippen LogP contribution in [0.1, 0.15) is 30.6 Å². The number of hydrogen-bond donors (Lipinski definition) is 1. The number of halogens is 1. The lowest BCUT2D eigenvalue weighted by Crippen LogP contribution is -2.25. The Morgan fingerprint density at radius 3 is 2.72 bits per heavy atom. The second kappa shape index (κ2) is 6.45. The highest BCUT2D eigenvalue weighted by atomic mass is 35.5. The Hall–Kier alpha value is -0.710. The van der Waals surface area contributed by atoms with E-state index >= 15 is 0 Å². The number of esters is 1. The molecular weight excluding hydrogens is 272 g/mol. The summed E-state index contributed by atoms with van der Waals surface area (Å²) in [6.07, 6.45) is 0.618. The minimum absolute atomic E-state index is 0.285. The molecule has 0 fully saturated rings. The van der Waals surface area contributed by atoms with E-state index in [9.17, 15) is 4.79 Å². The van der Waals surface area contributed by atoms with Gasteiger partial charge in [0.25, 0.3) is 0 Å². The Balaban J connectivity index is 2.58. The van der Waals surface area contributed by atoms with Crippen molar-refractivity contribution in [2.24, 2.45) is 0 Å². The summed E-state index contributed by atoms with van der Waals surface area (Å²) in [6, 6.07) is 4.94. The monoisotopic (exact) mass is 288 g/mol. The summed E-state index contributed by atoms with van der Waals surface area (Å²) in [5.41, 5.74) is 0.0227. The molecule has 1 aromatic carbocycles. The number of benzene rings is 1. The zero-order chi connectivity index (χ0) is 13.8. The molecule has 3 nitrogen and oxygen atoms in total. The molecule has 1 rings (SSSR count). The molecule has 0 aliphatic carbocycles. The van der Waals surface area contributed by atoms with E-state index in [4.69, 9.17) is 21.1 Å². The minimum Gasteiger partial charge on any atom is -0.462 e. The fourth-order valence-corrected chi connectivity index (χ4v) is 1.64. The van der Waals surface area contributed by atoms with E-state index in [1.165, 1.54) is 0 Å². The molecular formula is C13H17ClO3S. The summed E-state index contributed by atoms with van der Waals surface area (Å²) >= 11 is 10.1. The van der Waals surface area contributed by atoms with Crippen LogP contribution in [0.3, 0.4) is 0 Å². The molecule has 0 amide bonds. The lowest BCUT2D eigenvalue weighted by molar-refractivity contribution is -0.00563. The topological polar surface area (TPSA) is 35.5 Å². The fourth-order valence-electron chi connectivity index (χ4n) is 1.24. The molecule has 0 heterocycles. The first-order valence-corrected chi connectivity index (χ1v) is 6.39. The van der Waals surface area contributed by atoms with Gasteiger partial charge in [-0.05, 0) is 32.0 Å². The standard InChI is InChI=1S/C13H17ClO3S/c1-13(2,16-3)6-7-17-12(15)10-8-9(18)4-5-11(10)14/h4-5,8,18H,6-7H2,1-3H3. The molecule has 0 N–H and O–H groups in total. The Kier molecular flexibility index (Phi) is 5.50. The number of hydrogen-bond acceptors (Lipinski definition) is 4. The maximum Gasteiger partial charge on any atom is 0.339 e. The summed E-state index contributed by atoms with van der Waals surface area (Å²) < 4.78 is 10.4. The molecule has 0 bridgehead atoms. The van der Waals surface area contributed by atoms with Gasteiger partial charge in [0.1, 0.15) is 0 Å². The second-order valence-electron chi connectivity index (χ2n) is 4.51. The maximum absolute atomic E-state index is 11.8. The second-order valence-corrected chi connectivity index (χ2v) is 5.44. The van der Waals surface area contributed by atoms with Gasteiger partial charge in [-0.3, -0.25) is 0 Å². The highest BCUT2D eigenvalue weighted by molar-refractivity contribution is 7.80. The van der Waals surface area contributed by atoms with Crippen LogP contribution < -0.4 is 0 Å². The van der Waals surface area contributed by atoms with Crippen molar-refractivity contribution >= 4 is 30.2 Å². The van der Waals surface area contributed by atoms with Crippen LogP contribution >= 0.6 is 24.2 Å². The van der Waals surface area contributed by atoms with E-state index < -0.39 is 5.97 Å². The van der Waals surface area contributed by atoms with Gasteiger partial charge in [0.15, 0.2) is 0 Å². The molecule has 0 aromatic heterocycles. The van der Waals surface area contributed by atoms with Crippen molar-refractivity contribution in [2.75, 3.05) is 13.7 Å². The lowest BCUT2D eigenvalue weighted by Gasteiger charge is -2.22. The molecule has 1 aromatic rings. The minimum atomic E-state index is -0.442. The number of carbonyl (C=O) groups is 1. The van der Waals surface area contributed by atoms with Crippen molar-refractivity contribution in [1.29, 1.82) is 0 Å². The van der Waals surface area contributed by atoms with Crippen LogP contribution in [0.2, 0.25) is 5.02 Å². The van der Waals surface area contributed by atoms with Crippen LogP contribution in [0.25, 0.3) is 0 Å². The van der Waals surface area contributed by atoms with Gasteiger partial charge < -0.3 is 9.47 Å². The quantitative estimate of drug-likeness (QED) is 0.664. The number of thiol groups is 1. The van der Waals surface area contributed by atoms with Gasteiger partial charge in [0.2, 0.25) is 0 Å². The molecule has 0 saturated carbocycles. The third kappa shape index (κ3) is 4.52. The van der Waals surface area contributed by atoms with Crippen molar-refractivity contribution < 1.29 is 14.3 Å². The molecule has 0 unspecified atom stereocenters. The van der Waals surface area contributed by atoms with Crippen LogP contribution in [0.4, 0.5) is 0 Å². The van der Waals surface area contributed by atoms with Gasteiger partial charge in [-0.15, -0.1) is 12.6 Å². The van der Waals surface area contributed by atoms with Gasteiger partial charge in [-0.25, -0.2) is 4.79 Å². The van der Waals surface area contributed by atoms with Crippen LogP contribution in [-0.2, 0) is 9.47 Å². The summed E-state index contributed by atoms with van der Waals surface area (Å²) in [7, 11) is 1.63. The Bertz CT molecular complexity index is 432. The first-order chi connectivity index (χ1) is 8.35. The molecule has 18 heavy (non-hydrogen) atoms. The Morgan fingerprint density at radius 1 is 1.44 bits per heavy atom. The Labute approximate surface area is 118 Å². The van der Waals surface area contributed by atoms with Crippen LogP contribution in [-0.4, -0.2) is 25.3 Å². The maximum atomic E-state index is 11.8. The molecule has 0 atom stereocenters. The van der Waals surface area contributed by atoms with Crippen molar-refractivity contribution in [3.63, 3.8) is 0 Å². The van der Waals surface area contributed by atoms with Crippen LogP contribution in [0.15, 0.2) is 23.1 Å². The first kappa shape index (κ1) is 15.3. The molecule has 0 radical (unpaired) electrons. The van der Waals surface area contributed by atoms with Gasteiger partial charge in [0, 0.05) is 18.4 Å². The molecule has 0 aliphatic heterocycles. The summed E-state index contributed by atoms with van der Waals surface area (Å²) in [5.74, 6) is -0.442. The number of rotatable bonds is 5. The molecule has 0 spiro atoms. The Morgan fingerprint density at radius 2 is 2.11 bits per heavy atom. The summed E-state index contributed by atoms with van der Waals surface area (Å²) in [5, 5.41) is 0.365. The van der Waals surface area contributed by atoms with Gasteiger partial charge in [-0.1, -0.05) is 11.6 Å². The largest absolute Gasteiger partial charge is 0.462 e. The van der Waals surface area contributed by atoms with E-state index in [0.717, 1.165) is 0 Å². The van der Waals surface area contributed by atoms with E-state index in [2.05, 4.69) is 12.6 Å². The van der Waals surface area contributed by atoms with E-state index in [1.54, 1.807) is 25.3 Å². The number of methoxy groups -OCH3 is 1. The van der Waals surface area contributed by atoms with Crippen molar-refractivity contribution in [3.05, 3.63) is 28.8 Å². The molecule has 0 aliphatic rings. The predicted molar refractivity (Wildman–Crippen MR) is 74.7 cm³/mol. The SMILES string of the molecule is COC(C)(C)CCOC(=O)c1cc(S)ccc1Cl. The van der Waals surface area contributed by atoms with E-state index in [1.807, 2.05) is 13.8 Å². The number of ether oxygens (including phenoxy) is 2. The number of carbonyl (C=O) groups excluding carboxylic acids is 1. The molecule has 0 saturated heterocycles. The van der Waals surface area contributed by atoms with Gasteiger partial charge in [-0.2, -0.15) is 0 Å². The summed E-state index contributed by atoms with van der Waals surface area (Å²) in [6.45, 7) is 4.15. The molecule has 100 valence electrons. The average Bonchev–Trinajstić information content (AvgIpc) is 2.32. The third-order valence-electron chi connectivity index (χ3n) is 2.66. The van der Waals surface area contributed by atoms with Gasteiger partial charge in [0.05, 0.1) is 22.8 Å². The van der Waals surface area contributed by atoms with Gasteiger partial charge >= 0.3 is 5.97 Å². The molecule has 5 heteroatoms. The zero-order valence-corrected chi connectivity index (χ0v) is 12.3. The zero-order valence-electron chi connectivity index (χ0n) is 10.7. The third-order valence-corrected chi connectivity index (χ3v) is 3.27. The van der Waals surface area contributed by atoms with E-state index in [0.29, 0.717) is 21.9 Å². The van der Waals surface area contributed by atoms with Crippen LogP contribution in [0, 0.1) is 0 Å². The average molecular weight is 289 g/mol. The summed E-state index contributed by atoms with van der Waals surface area (Å²) in [4.78, 5) is 12.5. The fraction of sp³-hybridized carbons (Fsp3) is 0.462. The van der Waals surface area contributed by atoms with Crippen molar-refractivity contribution in [1.82, 2.24) is 0 Å². The normalized spacial score (nSPS) is 11.4. The predicted octanol–water partition coefficient (Wildman–Crippen LogP) is 3.60. The van der Waals surface area contributed by atoms with Crippen molar-refractivity contribution in [2.45, 2.75) is 30.8 Å². The van der Waals surface area contributed by atoms with Crippen LogP contribution in [0.5, 0.6) is 0 Å². The van der Waals surface area contributed by atoms with Crippen molar-refractivity contribution in [3.8, 4) is 0 Å². The van der Waals surface area contributed by atoms with E-state index in [-0.39, 0.29) is 12.2 Å².